The molecule has 0 unspecified atom stereocenters. The largest absolute Gasteiger partial charge is 0.354 e. The van der Waals surface area contributed by atoms with Gasteiger partial charge in [-0.15, -0.1) is 11.3 Å². The fourth-order valence-corrected chi connectivity index (χ4v) is 3.37. The number of anilines is 1. The van der Waals surface area contributed by atoms with Gasteiger partial charge in [-0.2, -0.15) is 0 Å². The van der Waals surface area contributed by atoms with Crippen LogP contribution < -0.4 is 10.6 Å². The third-order valence-corrected chi connectivity index (χ3v) is 4.65. The summed E-state index contributed by atoms with van der Waals surface area (Å²) in [7, 11) is 0. The molecule has 0 aromatic carbocycles. The zero-order chi connectivity index (χ0) is 14.5. The molecule has 0 radical (unpaired) electrons. The van der Waals surface area contributed by atoms with E-state index in [0.717, 1.165) is 50.0 Å². The first-order valence-electron chi connectivity index (χ1n) is 7.37. The third kappa shape index (κ3) is 3.78. The first kappa shape index (κ1) is 14.4. The molecule has 0 amide bonds. The molecular formula is C15H21N5S. The summed E-state index contributed by atoms with van der Waals surface area (Å²) < 4.78 is 0. The van der Waals surface area contributed by atoms with E-state index in [1.807, 2.05) is 18.3 Å². The van der Waals surface area contributed by atoms with Crippen LogP contribution in [-0.2, 0) is 13.0 Å². The Balaban J connectivity index is 1.51. The van der Waals surface area contributed by atoms with Gasteiger partial charge < -0.3 is 10.6 Å². The Kier molecular flexibility index (Phi) is 4.80. The molecule has 1 aliphatic heterocycles. The second kappa shape index (κ2) is 6.98. The Hall–Kier alpha value is -1.50. The summed E-state index contributed by atoms with van der Waals surface area (Å²) in [5.74, 6) is 1.08. The molecule has 3 heterocycles. The predicted molar refractivity (Wildman–Crippen MR) is 86.6 cm³/mol. The summed E-state index contributed by atoms with van der Waals surface area (Å²) in [6, 6.07) is 6.08. The average Bonchev–Trinajstić information content (AvgIpc) is 2.97. The number of nitrogens with two attached hydrogens (primary N) is 1. The first-order valence-corrected chi connectivity index (χ1v) is 8.25. The van der Waals surface area contributed by atoms with Crippen LogP contribution in [0.5, 0.6) is 0 Å². The van der Waals surface area contributed by atoms with E-state index < -0.39 is 0 Å². The van der Waals surface area contributed by atoms with Crippen molar-refractivity contribution >= 4 is 17.2 Å². The molecule has 2 N–H and O–H groups in total. The first-order chi connectivity index (χ1) is 10.3. The minimum absolute atomic E-state index is 0.676. The summed E-state index contributed by atoms with van der Waals surface area (Å²) in [6.45, 7) is 5.78. The van der Waals surface area contributed by atoms with Crippen molar-refractivity contribution in [2.45, 2.75) is 13.0 Å². The molecule has 112 valence electrons. The Bertz CT molecular complexity index is 548. The highest BCUT2D eigenvalue weighted by Gasteiger charge is 2.18. The van der Waals surface area contributed by atoms with E-state index in [1.54, 1.807) is 11.3 Å². The molecule has 0 saturated carbocycles. The van der Waals surface area contributed by atoms with Crippen LogP contribution >= 0.6 is 11.3 Å². The summed E-state index contributed by atoms with van der Waals surface area (Å²) >= 11 is 1.72. The van der Waals surface area contributed by atoms with Gasteiger partial charge in [0.2, 0.25) is 0 Å². The van der Waals surface area contributed by atoms with Crippen molar-refractivity contribution in [3.8, 4) is 0 Å². The van der Waals surface area contributed by atoms with E-state index in [0.29, 0.717) is 6.54 Å². The van der Waals surface area contributed by atoms with Crippen LogP contribution in [0.1, 0.15) is 10.7 Å². The van der Waals surface area contributed by atoms with E-state index in [9.17, 15) is 0 Å². The topological polar surface area (TPSA) is 58.3 Å². The van der Waals surface area contributed by atoms with Crippen LogP contribution in [-0.4, -0.2) is 47.6 Å². The Labute approximate surface area is 129 Å². The molecule has 5 nitrogen and oxygen atoms in total. The SMILES string of the molecule is NCCc1nc(CN2CCN(c3ccccn3)CC2)cs1. The van der Waals surface area contributed by atoms with Crippen LogP contribution in [0, 0.1) is 0 Å². The smallest absolute Gasteiger partial charge is 0.128 e. The molecular weight excluding hydrogens is 282 g/mol. The molecule has 0 bridgehead atoms. The highest BCUT2D eigenvalue weighted by Crippen LogP contribution is 2.16. The Morgan fingerprint density at radius 3 is 2.76 bits per heavy atom. The maximum Gasteiger partial charge on any atom is 0.128 e. The molecule has 1 saturated heterocycles. The second-order valence-electron chi connectivity index (χ2n) is 5.22. The van der Waals surface area contributed by atoms with Gasteiger partial charge in [-0.3, -0.25) is 4.90 Å². The molecule has 0 spiro atoms. The van der Waals surface area contributed by atoms with Gasteiger partial charge in [0.1, 0.15) is 5.82 Å². The number of aromatic nitrogens is 2. The average molecular weight is 303 g/mol. The molecule has 1 fully saturated rings. The van der Waals surface area contributed by atoms with Crippen LogP contribution in [0.2, 0.25) is 0 Å². The van der Waals surface area contributed by atoms with Crippen molar-refractivity contribution < 1.29 is 0 Å². The van der Waals surface area contributed by atoms with Gasteiger partial charge in [0, 0.05) is 50.7 Å². The quantitative estimate of drug-likeness (QED) is 0.904. The van der Waals surface area contributed by atoms with Crippen molar-refractivity contribution in [1.29, 1.82) is 0 Å². The molecule has 6 heteroatoms. The maximum absolute atomic E-state index is 5.57. The second-order valence-corrected chi connectivity index (χ2v) is 6.17. The van der Waals surface area contributed by atoms with E-state index in [-0.39, 0.29) is 0 Å². The lowest BCUT2D eigenvalue weighted by atomic mass is 10.3. The zero-order valence-corrected chi connectivity index (χ0v) is 12.9. The highest BCUT2D eigenvalue weighted by atomic mass is 32.1. The van der Waals surface area contributed by atoms with Crippen LogP contribution in [0.25, 0.3) is 0 Å². The molecule has 2 aromatic rings. The summed E-state index contributed by atoms with van der Waals surface area (Å²) in [5.41, 5.74) is 6.75. The van der Waals surface area contributed by atoms with Gasteiger partial charge >= 0.3 is 0 Å². The van der Waals surface area contributed by atoms with Crippen LogP contribution in [0.15, 0.2) is 29.8 Å². The Morgan fingerprint density at radius 2 is 2.05 bits per heavy atom. The molecule has 0 atom stereocenters. The van der Waals surface area contributed by atoms with Crippen molar-refractivity contribution in [2.75, 3.05) is 37.6 Å². The molecule has 0 aliphatic carbocycles. The number of thiazole rings is 1. The van der Waals surface area contributed by atoms with Crippen molar-refractivity contribution in [1.82, 2.24) is 14.9 Å². The number of nitrogens with zero attached hydrogens (tertiary/aromatic N) is 4. The van der Waals surface area contributed by atoms with E-state index in [4.69, 9.17) is 5.73 Å². The summed E-state index contributed by atoms with van der Waals surface area (Å²) in [6.07, 6.45) is 2.74. The van der Waals surface area contributed by atoms with Crippen LogP contribution in [0.3, 0.4) is 0 Å². The Morgan fingerprint density at radius 1 is 1.19 bits per heavy atom. The van der Waals surface area contributed by atoms with Crippen LogP contribution in [0.4, 0.5) is 5.82 Å². The number of rotatable bonds is 5. The molecule has 2 aromatic heterocycles. The van der Waals surface area contributed by atoms with Gasteiger partial charge in [-0.1, -0.05) is 6.07 Å². The van der Waals surface area contributed by atoms with E-state index in [2.05, 4.69) is 31.2 Å². The molecule has 3 rings (SSSR count). The zero-order valence-electron chi connectivity index (χ0n) is 12.1. The van der Waals surface area contributed by atoms with Crippen molar-refractivity contribution in [2.24, 2.45) is 5.73 Å². The summed E-state index contributed by atoms with van der Waals surface area (Å²) in [5, 5.41) is 3.32. The lowest BCUT2D eigenvalue weighted by Gasteiger charge is -2.35. The van der Waals surface area contributed by atoms with Gasteiger partial charge in [-0.05, 0) is 18.7 Å². The van der Waals surface area contributed by atoms with E-state index >= 15 is 0 Å². The minimum atomic E-state index is 0.676. The van der Waals surface area contributed by atoms with Gasteiger partial charge in [0.05, 0.1) is 10.7 Å². The maximum atomic E-state index is 5.57. The van der Waals surface area contributed by atoms with E-state index in [1.165, 1.54) is 5.69 Å². The van der Waals surface area contributed by atoms with Gasteiger partial charge in [0.15, 0.2) is 0 Å². The monoisotopic (exact) mass is 303 g/mol. The number of piperazine rings is 1. The number of hydrogen-bond donors (Lipinski definition) is 1. The summed E-state index contributed by atoms with van der Waals surface area (Å²) in [4.78, 5) is 13.9. The number of hydrogen-bond acceptors (Lipinski definition) is 6. The normalized spacial score (nSPS) is 16.3. The van der Waals surface area contributed by atoms with Crippen molar-refractivity contribution in [3.63, 3.8) is 0 Å². The fraction of sp³-hybridized carbons (Fsp3) is 0.467. The third-order valence-electron chi connectivity index (χ3n) is 3.69. The highest BCUT2D eigenvalue weighted by molar-refractivity contribution is 7.09. The lowest BCUT2D eigenvalue weighted by molar-refractivity contribution is 0.247. The standard InChI is InChI=1S/C15H21N5S/c16-5-4-15-18-13(12-21-15)11-19-7-9-20(10-8-19)14-3-1-2-6-17-14/h1-3,6,12H,4-5,7-11,16H2. The van der Waals surface area contributed by atoms with Crippen molar-refractivity contribution in [3.05, 3.63) is 40.5 Å². The fourth-order valence-electron chi connectivity index (χ4n) is 2.56. The molecule has 21 heavy (non-hydrogen) atoms. The lowest BCUT2D eigenvalue weighted by Crippen LogP contribution is -2.46. The van der Waals surface area contributed by atoms with Gasteiger partial charge in [-0.25, -0.2) is 9.97 Å². The minimum Gasteiger partial charge on any atom is -0.354 e. The molecule has 1 aliphatic rings. The van der Waals surface area contributed by atoms with Gasteiger partial charge in [0.25, 0.3) is 0 Å². The number of pyridine rings is 1. The predicted octanol–water partition coefficient (Wildman–Crippen LogP) is 1.36.